The van der Waals surface area contributed by atoms with E-state index in [1.54, 1.807) is 10.8 Å². The maximum atomic E-state index is 5.23. The summed E-state index contributed by atoms with van der Waals surface area (Å²) in [6.07, 6.45) is 0. The molecule has 0 aromatic heterocycles. The standard InChI is InChI=1S/C27H39PS4Si3/c1-33(2,3)22-16-10-13-19(25(22)29)28(20-14-11-17-23(26(20)30)34(4,5)6)21-15-12-18-24(27(21)32-31)35(7,8)9/h10-18,29-31H,1-9H3. The van der Waals surface area contributed by atoms with E-state index < -0.39 is 32.1 Å². The van der Waals surface area contributed by atoms with Gasteiger partial charge in [0.05, 0.1) is 24.2 Å². The summed E-state index contributed by atoms with van der Waals surface area (Å²) in [7, 11) is -3.95. The smallest absolute Gasteiger partial charge is 0.0791 e. The summed E-state index contributed by atoms with van der Waals surface area (Å²) in [5.41, 5.74) is 0. The zero-order valence-electron chi connectivity index (χ0n) is 22.4. The molecular formula is C27H39PS4Si3. The van der Waals surface area contributed by atoms with Crippen molar-refractivity contribution in [3.63, 3.8) is 0 Å². The van der Waals surface area contributed by atoms with Crippen LogP contribution in [0.3, 0.4) is 0 Å². The normalized spacial score (nSPS) is 12.9. The molecule has 0 saturated carbocycles. The second-order valence-electron chi connectivity index (χ2n) is 12.2. The Morgan fingerprint density at radius 2 is 0.886 bits per heavy atom. The Labute approximate surface area is 237 Å². The Hall–Kier alpha value is 0.141. The first-order valence-electron chi connectivity index (χ1n) is 12.0. The molecule has 0 atom stereocenters. The quantitative estimate of drug-likeness (QED) is 0.118. The molecule has 0 fully saturated rings. The summed E-state index contributed by atoms with van der Waals surface area (Å²) in [6, 6.07) is 20.6. The lowest BCUT2D eigenvalue weighted by Crippen LogP contribution is -2.44. The van der Waals surface area contributed by atoms with Crippen molar-refractivity contribution in [1.82, 2.24) is 0 Å². The molecule has 3 aromatic rings. The molecule has 0 amide bonds. The summed E-state index contributed by atoms with van der Waals surface area (Å²) in [4.78, 5) is 3.66. The molecule has 3 rings (SSSR count). The highest BCUT2D eigenvalue weighted by atomic mass is 33.1. The molecule has 0 radical (unpaired) electrons. The number of hydrogen-bond acceptors (Lipinski definition) is 4. The van der Waals surface area contributed by atoms with Gasteiger partial charge in [0.2, 0.25) is 0 Å². The molecule has 8 heteroatoms. The highest BCUT2D eigenvalue weighted by Crippen LogP contribution is 2.41. The molecule has 0 heterocycles. The van der Waals surface area contributed by atoms with Crippen LogP contribution < -0.4 is 31.5 Å². The van der Waals surface area contributed by atoms with Crippen LogP contribution in [0.1, 0.15) is 0 Å². The van der Waals surface area contributed by atoms with Crippen molar-refractivity contribution in [3.8, 4) is 0 Å². The average molecular weight is 607 g/mol. The highest BCUT2D eigenvalue weighted by Gasteiger charge is 2.31. The van der Waals surface area contributed by atoms with Crippen molar-refractivity contribution >= 4 is 111 Å². The molecule has 0 unspecified atom stereocenters. The van der Waals surface area contributed by atoms with Crippen molar-refractivity contribution in [3.05, 3.63) is 54.6 Å². The Kier molecular flexibility index (Phi) is 9.41. The number of benzene rings is 3. The molecule has 0 N–H and O–H groups in total. The monoisotopic (exact) mass is 606 g/mol. The Morgan fingerprint density at radius 3 is 1.23 bits per heavy atom. The van der Waals surface area contributed by atoms with Crippen LogP contribution in [0.25, 0.3) is 0 Å². The summed E-state index contributed by atoms with van der Waals surface area (Å²) in [5, 5.41) is 8.38. The maximum Gasteiger partial charge on any atom is 0.0791 e. The summed E-state index contributed by atoms with van der Waals surface area (Å²) < 4.78 is 0. The van der Waals surface area contributed by atoms with Crippen molar-refractivity contribution in [2.45, 2.75) is 73.6 Å². The second kappa shape index (κ2) is 11.1. The number of hydrogen-bond donors (Lipinski definition) is 3. The first-order chi connectivity index (χ1) is 16.1. The fourth-order valence-corrected chi connectivity index (χ4v) is 17.3. The molecule has 0 saturated heterocycles. The van der Waals surface area contributed by atoms with Gasteiger partial charge in [0, 0.05) is 14.7 Å². The third-order valence-corrected chi connectivity index (χ3v) is 18.2. The minimum atomic E-state index is -1.57. The largest absolute Gasteiger partial charge is 0.143 e. The zero-order chi connectivity index (χ0) is 26.3. The first-order valence-corrected chi connectivity index (χ1v) is 26.6. The Bertz CT molecular complexity index is 1160. The molecule has 188 valence electrons. The zero-order valence-corrected chi connectivity index (χ0v) is 29.8. The van der Waals surface area contributed by atoms with Gasteiger partial charge in [-0.1, -0.05) is 124 Å². The molecule has 0 bridgehead atoms. The predicted octanol–water partition coefficient (Wildman–Crippen LogP) is 6.59. The van der Waals surface area contributed by atoms with Gasteiger partial charge in [-0.15, -0.1) is 36.9 Å². The van der Waals surface area contributed by atoms with Gasteiger partial charge in [-0.05, 0) is 39.4 Å². The van der Waals surface area contributed by atoms with E-state index in [0.717, 1.165) is 9.79 Å². The number of thiol groups is 3. The van der Waals surface area contributed by atoms with E-state index in [-0.39, 0.29) is 0 Å². The van der Waals surface area contributed by atoms with Crippen LogP contribution in [0.15, 0.2) is 69.3 Å². The van der Waals surface area contributed by atoms with Gasteiger partial charge in [0.15, 0.2) is 0 Å². The molecule has 3 aromatic carbocycles. The van der Waals surface area contributed by atoms with E-state index in [4.69, 9.17) is 36.9 Å². The lowest BCUT2D eigenvalue weighted by molar-refractivity contribution is 1.52. The van der Waals surface area contributed by atoms with E-state index in [0.29, 0.717) is 0 Å². The van der Waals surface area contributed by atoms with Gasteiger partial charge in [0.1, 0.15) is 0 Å². The molecule has 0 aliphatic heterocycles. The summed E-state index contributed by atoms with van der Waals surface area (Å²) in [5.74, 6) is 0. The van der Waals surface area contributed by atoms with Gasteiger partial charge in [-0.2, -0.15) is 0 Å². The van der Waals surface area contributed by atoms with Crippen molar-refractivity contribution < 1.29 is 0 Å². The van der Waals surface area contributed by atoms with Crippen LogP contribution in [-0.4, -0.2) is 24.2 Å². The van der Waals surface area contributed by atoms with E-state index in [2.05, 4.69) is 114 Å². The topological polar surface area (TPSA) is 0 Å². The third kappa shape index (κ3) is 6.42. The molecular weight excluding hydrogens is 568 g/mol. The van der Waals surface area contributed by atoms with Gasteiger partial charge >= 0.3 is 0 Å². The van der Waals surface area contributed by atoms with Crippen LogP contribution in [-0.2, 0) is 0 Å². The minimum absolute atomic E-state index is 0.860. The Morgan fingerprint density at radius 1 is 0.543 bits per heavy atom. The molecule has 0 spiro atoms. The summed E-state index contributed by atoms with van der Waals surface area (Å²) in [6.45, 7) is 21.7. The molecule has 0 aliphatic carbocycles. The highest BCUT2D eigenvalue weighted by molar-refractivity contribution is 8.68. The molecule has 0 aliphatic rings. The molecule has 35 heavy (non-hydrogen) atoms. The maximum absolute atomic E-state index is 5.23. The lowest BCUT2D eigenvalue weighted by atomic mass is 10.3. The predicted molar refractivity (Wildman–Crippen MR) is 183 cm³/mol. The Balaban J connectivity index is 2.46. The third-order valence-electron chi connectivity index (χ3n) is 6.26. The van der Waals surface area contributed by atoms with Crippen molar-refractivity contribution in [1.29, 1.82) is 0 Å². The van der Waals surface area contributed by atoms with Crippen LogP contribution in [0, 0.1) is 0 Å². The van der Waals surface area contributed by atoms with E-state index >= 15 is 0 Å². The fourth-order valence-electron chi connectivity index (χ4n) is 4.41. The van der Waals surface area contributed by atoms with Gasteiger partial charge in [-0.25, -0.2) is 0 Å². The van der Waals surface area contributed by atoms with Crippen LogP contribution >= 0.6 is 55.6 Å². The van der Waals surface area contributed by atoms with Crippen LogP contribution in [0.4, 0.5) is 0 Å². The minimum Gasteiger partial charge on any atom is -0.143 e. The number of rotatable bonds is 7. The van der Waals surface area contributed by atoms with E-state index in [9.17, 15) is 0 Å². The van der Waals surface area contributed by atoms with Crippen molar-refractivity contribution in [2.75, 3.05) is 0 Å². The van der Waals surface area contributed by atoms with Crippen molar-refractivity contribution in [2.24, 2.45) is 0 Å². The summed E-state index contributed by atoms with van der Waals surface area (Å²) >= 11 is 15.3. The molecule has 0 nitrogen and oxygen atoms in total. The van der Waals surface area contributed by atoms with Gasteiger partial charge < -0.3 is 0 Å². The fraction of sp³-hybridized carbons (Fsp3) is 0.333. The van der Waals surface area contributed by atoms with Gasteiger partial charge in [0.25, 0.3) is 0 Å². The van der Waals surface area contributed by atoms with Gasteiger partial charge in [-0.3, -0.25) is 0 Å². The second-order valence-corrected chi connectivity index (χ2v) is 31.4. The average Bonchev–Trinajstić information content (AvgIpc) is 2.73. The van der Waals surface area contributed by atoms with Crippen LogP contribution in [0.5, 0.6) is 0 Å². The lowest BCUT2D eigenvalue weighted by Gasteiger charge is -2.31. The van der Waals surface area contributed by atoms with Crippen LogP contribution in [0.2, 0.25) is 58.9 Å². The SMILES string of the molecule is C[Si](C)(C)c1cccc(P(c2cccc([Si](C)(C)C)c2S)c2cccc([Si](C)(C)C)c2SS)c1S. The van der Waals surface area contributed by atoms with E-state index in [1.165, 1.54) is 36.4 Å². The van der Waals surface area contributed by atoms with E-state index in [1.807, 2.05) is 0 Å². The first kappa shape index (κ1) is 29.7.